The first-order valence-electron chi connectivity index (χ1n) is 6.53. The summed E-state index contributed by atoms with van der Waals surface area (Å²) in [7, 11) is 4.05. The molecular formula is C14H22N4. The molecule has 18 heavy (non-hydrogen) atoms. The highest BCUT2D eigenvalue weighted by Gasteiger charge is 2.17. The number of aromatic nitrogens is 2. The monoisotopic (exact) mass is 246 g/mol. The maximum Gasteiger partial charge on any atom is 0.138 e. The Morgan fingerprint density at radius 1 is 1.28 bits per heavy atom. The number of nitrogens with zero attached hydrogens (tertiary/aromatic N) is 3. The number of hydrogen-bond acceptors (Lipinski definition) is 3. The van der Waals surface area contributed by atoms with Crippen LogP contribution in [0.5, 0.6) is 0 Å². The Morgan fingerprint density at radius 3 is 2.50 bits per heavy atom. The number of imidazole rings is 1. The molecule has 2 aromatic rings. The Kier molecular flexibility index (Phi) is 3.45. The summed E-state index contributed by atoms with van der Waals surface area (Å²) in [6, 6.07) is 4.09. The lowest BCUT2D eigenvalue weighted by molar-refractivity contribution is 0.629. The fourth-order valence-corrected chi connectivity index (χ4v) is 2.31. The lowest BCUT2D eigenvalue weighted by atomic mass is 10.00. The van der Waals surface area contributed by atoms with Crippen LogP contribution in [0, 0.1) is 0 Å². The van der Waals surface area contributed by atoms with E-state index in [0.717, 1.165) is 35.7 Å². The summed E-state index contributed by atoms with van der Waals surface area (Å²) in [5, 5.41) is 0. The Bertz CT molecular complexity index is 538. The summed E-state index contributed by atoms with van der Waals surface area (Å²) in [5.41, 5.74) is 9.34. The number of rotatable bonds is 4. The van der Waals surface area contributed by atoms with Gasteiger partial charge in [-0.15, -0.1) is 0 Å². The van der Waals surface area contributed by atoms with Crippen LogP contribution in [0.4, 0.5) is 11.5 Å². The zero-order valence-corrected chi connectivity index (χ0v) is 11.6. The summed E-state index contributed by atoms with van der Waals surface area (Å²) >= 11 is 0. The molecule has 2 aromatic heterocycles. The van der Waals surface area contributed by atoms with Gasteiger partial charge in [0.1, 0.15) is 11.5 Å². The Morgan fingerprint density at radius 2 is 1.94 bits per heavy atom. The van der Waals surface area contributed by atoms with E-state index in [1.54, 1.807) is 0 Å². The summed E-state index contributed by atoms with van der Waals surface area (Å²) < 4.78 is 1.99. The van der Waals surface area contributed by atoms with Gasteiger partial charge in [0.2, 0.25) is 0 Å². The maximum atomic E-state index is 6.24. The van der Waals surface area contributed by atoms with Crippen LogP contribution >= 0.6 is 0 Å². The van der Waals surface area contributed by atoms with E-state index in [9.17, 15) is 0 Å². The lowest BCUT2D eigenvalue weighted by Crippen LogP contribution is -2.09. The summed E-state index contributed by atoms with van der Waals surface area (Å²) in [4.78, 5) is 6.74. The minimum Gasteiger partial charge on any atom is -0.383 e. The van der Waals surface area contributed by atoms with Crippen LogP contribution < -0.4 is 10.6 Å². The average molecular weight is 246 g/mol. The van der Waals surface area contributed by atoms with E-state index in [4.69, 9.17) is 5.73 Å². The third-order valence-corrected chi connectivity index (χ3v) is 3.56. The van der Waals surface area contributed by atoms with Gasteiger partial charge < -0.3 is 10.6 Å². The number of fused-ring (bicyclic) bond motifs is 1. The molecule has 0 aliphatic carbocycles. The zero-order chi connectivity index (χ0) is 13.3. The molecule has 0 aliphatic rings. The predicted molar refractivity (Wildman–Crippen MR) is 77.3 cm³/mol. The molecule has 4 nitrogen and oxygen atoms in total. The van der Waals surface area contributed by atoms with E-state index in [0.29, 0.717) is 5.92 Å². The van der Waals surface area contributed by atoms with Gasteiger partial charge in [0.05, 0.1) is 11.4 Å². The minimum atomic E-state index is 0.452. The van der Waals surface area contributed by atoms with Crippen LogP contribution in [0.25, 0.3) is 5.65 Å². The molecule has 0 saturated heterocycles. The van der Waals surface area contributed by atoms with Gasteiger partial charge in [-0.3, -0.25) is 4.40 Å². The third kappa shape index (κ3) is 2.03. The van der Waals surface area contributed by atoms with Gasteiger partial charge in [-0.25, -0.2) is 4.98 Å². The highest BCUT2D eigenvalue weighted by atomic mass is 15.1. The molecule has 0 radical (unpaired) electrons. The molecule has 0 saturated carbocycles. The molecule has 2 heterocycles. The number of pyridine rings is 1. The standard InChI is InChI=1S/C14H22N4/c1-5-10(6-2)13-14(15)18-9-11(17(3)4)7-8-12(18)16-13/h7-10H,5-6,15H2,1-4H3. The Balaban J connectivity index is 2.56. The molecule has 0 spiro atoms. The van der Waals surface area contributed by atoms with Gasteiger partial charge in [0.25, 0.3) is 0 Å². The van der Waals surface area contributed by atoms with Crippen LogP contribution in [-0.4, -0.2) is 23.5 Å². The van der Waals surface area contributed by atoms with Crippen molar-refractivity contribution in [3.05, 3.63) is 24.0 Å². The average Bonchev–Trinajstić information content (AvgIpc) is 2.68. The van der Waals surface area contributed by atoms with E-state index in [1.807, 2.05) is 30.8 Å². The van der Waals surface area contributed by atoms with Gasteiger partial charge in [-0.05, 0) is 25.0 Å². The molecule has 98 valence electrons. The molecular weight excluding hydrogens is 224 g/mol. The quantitative estimate of drug-likeness (QED) is 0.902. The molecule has 4 heteroatoms. The Hall–Kier alpha value is -1.71. The summed E-state index contributed by atoms with van der Waals surface area (Å²) in [5.74, 6) is 1.23. The molecule has 0 aromatic carbocycles. The van der Waals surface area contributed by atoms with Crippen molar-refractivity contribution in [1.29, 1.82) is 0 Å². The van der Waals surface area contributed by atoms with Gasteiger partial charge >= 0.3 is 0 Å². The lowest BCUT2D eigenvalue weighted by Gasteiger charge is -2.12. The zero-order valence-electron chi connectivity index (χ0n) is 11.6. The van der Waals surface area contributed by atoms with Crippen molar-refractivity contribution < 1.29 is 0 Å². The summed E-state index contributed by atoms with van der Waals surface area (Å²) in [6.07, 6.45) is 4.19. The Labute approximate surface area is 108 Å². The van der Waals surface area contributed by atoms with Crippen molar-refractivity contribution in [2.45, 2.75) is 32.6 Å². The van der Waals surface area contributed by atoms with Gasteiger partial charge in [-0.1, -0.05) is 13.8 Å². The second-order valence-electron chi connectivity index (χ2n) is 4.91. The van der Waals surface area contributed by atoms with Crippen molar-refractivity contribution in [2.24, 2.45) is 0 Å². The van der Waals surface area contributed by atoms with Crippen molar-refractivity contribution in [3.63, 3.8) is 0 Å². The molecule has 0 bridgehead atoms. The number of anilines is 2. The number of hydrogen-bond donors (Lipinski definition) is 1. The second kappa shape index (κ2) is 4.88. The SMILES string of the molecule is CCC(CC)c1nc2ccc(N(C)C)cn2c1N. The van der Waals surface area contributed by atoms with Crippen LogP contribution in [0.3, 0.4) is 0 Å². The normalized spacial score (nSPS) is 11.4. The molecule has 0 aliphatic heterocycles. The van der Waals surface area contributed by atoms with E-state index in [2.05, 4.69) is 29.8 Å². The molecule has 0 amide bonds. The first kappa shape index (κ1) is 12.7. The fourth-order valence-electron chi connectivity index (χ4n) is 2.31. The van der Waals surface area contributed by atoms with Crippen LogP contribution in [0.2, 0.25) is 0 Å². The van der Waals surface area contributed by atoms with E-state index in [1.165, 1.54) is 0 Å². The van der Waals surface area contributed by atoms with Gasteiger partial charge in [0, 0.05) is 26.2 Å². The van der Waals surface area contributed by atoms with Crippen molar-refractivity contribution in [1.82, 2.24) is 9.38 Å². The number of nitrogen functional groups attached to an aromatic ring is 1. The topological polar surface area (TPSA) is 46.6 Å². The van der Waals surface area contributed by atoms with E-state index < -0.39 is 0 Å². The smallest absolute Gasteiger partial charge is 0.138 e. The first-order valence-corrected chi connectivity index (χ1v) is 6.53. The third-order valence-electron chi connectivity index (χ3n) is 3.56. The van der Waals surface area contributed by atoms with Gasteiger partial charge in [0.15, 0.2) is 0 Å². The molecule has 2 N–H and O–H groups in total. The fraction of sp³-hybridized carbons (Fsp3) is 0.500. The predicted octanol–water partition coefficient (Wildman–Crippen LogP) is 2.89. The van der Waals surface area contributed by atoms with Crippen LogP contribution in [0.15, 0.2) is 18.3 Å². The summed E-state index contributed by atoms with van der Waals surface area (Å²) in [6.45, 7) is 4.37. The van der Waals surface area contributed by atoms with Crippen LogP contribution in [0.1, 0.15) is 38.3 Å². The molecule has 0 atom stereocenters. The minimum absolute atomic E-state index is 0.452. The first-order chi connectivity index (χ1) is 8.58. The number of nitrogens with two attached hydrogens (primary N) is 1. The molecule has 2 rings (SSSR count). The van der Waals surface area contributed by atoms with Crippen molar-refractivity contribution >= 4 is 17.2 Å². The van der Waals surface area contributed by atoms with E-state index in [-0.39, 0.29) is 0 Å². The van der Waals surface area contributed by atoms with Crippen molar-refractivity contribution in [3.8, 4) is 0 Å². The van der Waals surface area contributed by atoms with Crippen molar-refractivity contribution in [2.75, 3.05) is 24.7 Å². The maximum absolute atomic E-state index is 6.24. The van der Waals surface area contributed by atoms with E-state index >= 15 is 0 Å². The molecule has 0 fully saturated rings. The van der Waals surface area contributed by atoms with Gasteiger partial charge in [-0.2, -0.15) is 0 Å². The highest BCUT2D eigenvalue weighted by molar-refractivity contribution is 5.59. The highest BCUT2D eigenvalue weighted by Crippen LogP contribution is 2.29. The largest absolute Gasteiger partial charge is 0.383 e. The second-order valence-corrected chi connectivity index (χ2v) is 4.91. The molecule has 0 unspecified atom stereocenters. The van der Waals surface area contributed by atoms with Crippen LogP contribution in [-0.2, 0) is 0 Å².